The molecule has 0 aromatic heterocycles. The number of aliphatic hydroxyl groups excluding tert-OH is 1. The van der Waals surface area contributed by atoms with Crippen LogP contribution in [0.5, 0.6) is 0 Å². The molecule has 0 saturated heterocycles. The molecule has 2 aromatic rings. The lowest BCUT2D eigenvalue weighted by Crippen LogP contribution is -2.37. The van der Waals surface area contributed by atoms with Crippen molar-refractivity contribution in [3.63, 3.8) is 0 Å². The van der Waals surface area contributed by atoms with Gasteiger partial charge >= 0.3 is 0 Å². The molecule has 3 N–H and O–H groups in total. The summed E-state index contributed by atoms with van der Waals surface area (Å²) in [6.45, 7) is 6.01. The van der Waals surface area contributed by atoms with Crippen LogP contribution in [0.1, 0.15) is 32.4 Å². The van der Waals surface area contributed by atoms with Crippen molar-refractivity contribution in [3.05, 3.63) is 48.0 Å². The molecule has 0 saturated carbocycles. The number of fused-ring (bicyclic) bond motifs is 1. The Labute approximate surface area is 121 Å². The maximum absolute atomic E-state index is 10.3. The highest BCUT2D eigenvalue weighted by atomic mass is 35.5. The van der Waals surface area contributed by atoms with Gasteiger partial charge in [-0.05, 0) is 21.8 Å². The van der Waals surface area contributed by atoms with Crippen LogP contribution in [0.2, 0.25) is 0 Å². The molecule has 2 nitrogen and oxygen atoms in total. The average Bonchev–Trinajstić information content (AvgIpc) is 2.35. The molecule has 2 aromatic carbocycles. The second-order valence-corrected chi connectivity index (χ2v) is 5.91. The van der Waals surface area contributed by atoms with Crippen molar-refractivity contribution in [1.29, 1.82) is 0 Å². The number of aliphatic hydroxyl groups is 1. The molecule has 0 bridgehead atoms. The molecule has 0 aliphatic carbocycles. The molecule has 19 heavy (non-hydrogen) atoms. The SMILES string of the molecule is CC(C)(C)[C@@H](O)[C@@H](N)c1cccc2ccccc12.Cl. The van der Waals surface area contributed by atoms with Gasteiger partial charge in [-0.3, -0.25) is 0 Å². The molecule has 0 fully saturated rings. The van der Waals surface area contributed by atoms with Crippen LogP contribution < -0.4 is 5.73 Å². The second kappa shape index (κ2) is 5.91. The van der Waals surface area contributed by atoms with Gasteiger partial charge in [-0.25, -0.2) is 0 Å². The lowest BCUT2D eigenvalue weighted by atomic mass is 9.81. The minimum Gasteiger partial charge on any atom is -0.391 e. The maximum Gasteiger partial charge on any atom is 0.0781 e. The average molecular weight is 280 g/mol. The third-order valence-electron chi connectivity index (χ3n) is 3.41. The minimum atomic E-state index is -0.566. The smallest absolute Gasteiger partial charge is 0.0781 e. The molecule has 0 heterocycles. The lowest BCUT2D eigenvalue weighted by molar-refractivity contribution is 0.0405. The number of hydrogen-bond acceptors (Lipinski definition) is 2. The first-order valence-corrected chi connectivity index (χ1v) is 6.32. The highest BCUT2D eigenvalue weighted by molar-refractivity contribution is 5.86. The van der Waals surface area contributed by atoms with Crippen LogP contribution in [0.25, 0.3) is 10.8 Å². The van der Waals surface area contributed by atoms with E-state index in [4.69, 9.17) is 5.73 Å². The van der Waals surface area contributed by atoms with E-state index in [9.17, 15) is 5.11 Å². The van der Waals surface area contributed by atoms with Gasteiger partial charge in [0.1, 0.15) is 0 Å². The molecule has 0 aliphatic rings. The lowest BCUT2D eigenvalue weighted by Gasteiger charge is -2.31. The Morgan fingerprint density at radius 2 is 1.58 bits per heavy atom. The number of hydrogen-bond donors (Lipinski definition) is 2. The molecule has 104 valence electrons. The Bertz CT molecular complexity index is 542. The highest BCUT2D eigenvalue weighted by Crippen LogP contribution is 2.31. The number of nitrogens with two attached hydrogens (primary N) is 1. The van der Waals surface area contributed by atoms with Gasteiger partial charge in [0.05, 0.1) is 12.1 Å². The van der Waals surface area contributed by atoms with Gasteiger partial charge in [0.15, 0.2) is 0 Å². The normalized spacial score (nSPS) is 14.8. The third-order valence-corrected chi connectivity index (χ3v) is 3.41. The van der Waals surface area contributed by atoms with Crippen molar-refractivity contribution in [2.75, 3.05) is 0 Å². The Kier molecular flexibility index (Phi) is 4.97. The molecule has 0 amide bonds. The van der Waals surface area contributed by atoms with Crippen LogP contribution in [0, 0.1) is 5.41 Å². The van der Waals surface area contributed by atoms with Gasteiger partial charge in [0.2, 0.25) is 0 Å². The Morgan fingerprint density at radius 3 is 2.21 bits per heavy atom. The van der Waals surface area contributed by atoms with Crippen molar-refractivity contribution in [2.45, 2.75) is 32.9 Å². The van der Waals surface area contributed by atoms with E-state index in [0.717, 1.165) is 16.3 Å². The van der Waals surface area contributed by atoms with Gasteiger partial charge in [-0.15, -0.1) is 12.4 Å². The first-order chi connectivity index (χ1) is 8.41. The van der Waals surface area contributed by atoms with E-state index in [1.165, 1.54) is 0 Å². The second-order valence-electron chi connectivity index (χ2n) is 5.91. The van der Waals surface area contributed by atoms with Crippen molar-refractivity contribution >= 4 is 23.2 Å². The molecule has 0 unspecified atom stereocenters. The molecule has 3 heteroatoms. The molecular formula is C16H22ClNO. The van der Waals surface area contributed by atoms with Crippen LogP contribution in [-0.2, 0) is 0 Å². The van der Waals surface area contributed by atoms with E-state index in [1.54, 1.807) is 0 Å². The summed E-state index contributed by atoms with van der Waals surface area (Å²) in [6, 6.07) is 13.8. The fraction of sp³-hybridized carbons (Fsp3) is 0.375. The van der Waals surface area contributed by atoms with Gasteiger partial charge in [0, 0.05) is 0 Å². The molecular weight excluding hydrogens is 258 g/mol. The Balaban J connectivity index is 0.00000180. The Hall–Kier alpha value is -1.09. The summed E-state index contributed by atoms with van der Waals surface area (Å²) in [4.78, 5) is 0. The topological polar surface area (TPSA) is 46.2 Å². The van der Waals surface area contributed by atoms with Gasteiger partial charge in [0.25, 0.3) is 0 Å². The fourth-order valence-corrected chi connectivity index (χ4v) is 2.25. The first-order valence-electron chi connectivity index (χ1n) is 6.32. The van der Waals surface area contributed by atoms with Gasteiger partial charge in [-0.2, -0.15) is 0 Å². The van der Waals surface area contributed by atoms with E-state index in [-0.39, 0.29) is 23.9 Å². The highest BCUT2D eigenvalue weighted by Gasteiger charge is 2.29. The zero-order valence-electron chi connectivity index (χ0n) is 11.6. The van der Waals surface area contributed by atoms with E-state index in [2.05, 4.69) is 18.2 Å². The predicted molar refractivity (Wildman–Crippen MR) is 83.6 cm³/mol. The largest absolute Gasteiger partial charge is 0.391 e. The summed E-state index contributed by atoms with van der Waals surface area (Å²) < 4.78 is 0. The van der Waals surface area contributed by atoms with Crippen molar-refractivity contribution < 1.29 is 5.11 Å². The zero-order chi connectivity index (χ0) is 13.3. The van der Waals surface area contributed by atoms with E-state index < -0.39 is 6.10 Å². The maximum atomic E-state index is 10.3. The van der Waals surface area contributed by atoms with Crippen LogP contribution in [0.15, 0.2) is 42.5 Å². The summed E-state index contributed by atoms with van der Waals surface area (Å²) in [5, 5.41) is 12.6. The van der Waals surface area contributed by atoms with E-state index in [0.29, 0.717) is 0 Å². The van der Waals surface area contributed by atoms with Crippen molar-refractivity contribution in [1.82, 2.24) is 0 Å². The fourth-order valence-electron chi connectivity index (χ4n) is 2.25. The molecule has 2 rings (SSSR count). The van der Waals surface area contributed by atoms with Crippen LogP contribution in [-0.4, -0.2) is 11.2 Å². The minimum absolute atomic E-state index is 0. The molecule has 0 aliphatic heterocycles. The number of rotatable bonds is 2. The zero-order valence-corrected chi connectivity index (χ0v) is 12.4. The van der Waals surface area contributed by atoms with Gasteiger partial charge < -0.3 is 10.8 Å². The summed E-state index contributed by atoms with van der Waals surface area (Å²) in [5.41, 5.74) is 7.02. The summed E-state index contributed by atoms with van der Waals surface area (Å²) in [5.74, 6) is 0. The Morgan fingerprint density at radius 1 is 1.00 bits per heavy atom. The number of benzene rings is 2. The van der Waals surface area contributed by atoms with Crippen LogP contribution >= 0.6 is 12.4 Å². The first kappa shape index (κ1) is 16.0. The number of halogens is 1. The third kappa shape index (κ3) is 3.27. The summed E-state index contributed by atoms with van der Waals surface area (Å²) >= 11 is 0. The van der Waals surface area contributed by atoms with E-state index in [1.807, 2.05) is 45.0 Å². The molecule has 0 spiro atoms. The van der Waals surface area contributed by atoms with E-state index >= 15 is 0 Å². The standard InChI is InChI=1S/C16H21NO.ClH/c1-16(2,3)15(18)14(17)13-10-6-8-11-7-4-5-9-12(11)13;/h4-10,14-15,18H,17H2,1-3H3;1H/t14-,15-;/m0./s1. The monoisotopic (exact) mass is 279 g/mol. The molecule has 0 radical (unpaired) electrons. The van der Waals surface area contributed by atoms with Crippen LogP contribution in [0.4, 0.5) is 0 Å². The molecule has 2 atom stereocenters. The van der Waals surface area contributed by atoms with Crippen LogP contribution in [0.3, 0.4) is 0 Å². The summed E-state index contributed by atoms with van der Waals surface area (Å²) in [7, 11) is 0. The predicted octanol–water partition coefficient (Wildman–Crippen LogP) is 3.67. The van der Waals surface area contributed by atoms with Crippen molar-refractivity contribution in [2.24, 2.45) is 11.1 Å². The van der Waals surface area contributed by atoms with Crippen molar-refractivity contribution in [3.8, 4) is 0 Å². The van der Waals surface area contributed by atoms with Gasteiger partial charge in [-0.1, -0.05) is 63.2 Å². The summed E-state index contributed by atoms with van der Waals surface area (Å²) in [6.07, 6.45) is -0.566. The quantitative estimate of drug-likeness (QED) is 0.881.